The molecule has 0 aromatic rings. The van der Waals surface area contributed by atoms with E-state index < -0.39 is 0 Å². The van der Waals surface area contributed by atoms with Gasteiger partial charge in [-0.15, -0.1) is 0 Å². The Balaban J connectivity index is 2.46. The Kier molecular flexibility index (Phi) is 7.00. The Morgan fingerprint density at radius 2 is 2.05 bits per heavy atom. The molecule has 19 heavy (non-hydrogen) atoms. The highest BCUT2D eigenvalue weighted by atomic mass is 16.2. The predicted octanol–water partition coefficient (Wildman–Crippen LogP) is 1.13. The second-order valence-electron chi connectivity index (χ2n) is 5.02. The van der Waals surface area contributed by atoms with E-state index in [4.69, 9.17) is 0 Å². The highest BCUT2D eigenvalue weighted by molar-refractivity contribution is 5.84. The number of aliphatic imine (C=N–C) groups is 1. The molecule has 0 radical (unpaired) electrons. The number of amides is 1. The van der Waals surface area contributed by atoms with Crippen LogP contribution in [0.15, 0.2) is 17.1 Å². The van der Waals surface area contributed by atoms with Crippen LogP contribution in [0.3, 0.4) is 0 Å². The van der Waals surface area contributed by atoms with Gasteiger partial charge in [0.2, 0.25) is 5.91 Å². The van der Waals surface area contributed by atoms with Gasteiger partial charge in [0.25, 0.3) is 0 Å². The second kappa shape index (κ2) is 8.56. The van der Waals surface area contributed by atoms with Crippen LogP contribution in [0.5, 0.6) is 0 Å². The quantitative estimate of drug-likeness (QED) is 0.328. The molecule has 0 heterocycles. The molecule has 1 aliphatic carbocycles. The van der Waals surface area contributed by atoms with Crippen molar-refractivity contribution in [1.82, 2.24) is 15.5 Å². The molecule has 0 spiro atoms. The lowest BCUT2D eigenvalue weighted by Crippen LogP contribution is -2.43. The third-order valence-electron chi connectivity index (χ3n) is 3.04. The first kappa shape index (κ1) is 15.5. The Labute approximate surface area is 116 Å². The molecular formula is C14H26N4O. The van der Waals surface area contributed by atoms with Crippen molar-refractivity contribution < 1.29 is 4.79 Å². The van der Waals surface area contributed by atoms with Gasteiger partial charge in [-0.25, -0.2) is 4.99 Å². The predicted molar refractivity (Wildman–Crippen MR) is 79.2 cm³/mol. The maximum Gasteiger partial charge on any atom is 0.243 e. The lowest BCUT2D eigenvalue weighted by Gasteiger charge is -2.17. The number of carbonyl (C=O) groups is 1. The number of carbonyl (C=O) groups excluding carboxylic acids is 1. The number of nitrogens with one attached hydrogen (secondary N) is 2. The molecule has 0 saturated carbocycles. The van der Waals surface area contributed by atoms with Crippen molar-refractivity contribution in [2.75, 3.05) is 27.2 Å². The third-order valence-corrected chi connectivity index (χ3v) is 3.04. The summed E-state index contributed by atoms with van der Waals surface area (Å²) in [6, 6.07) is 0.405. The SMILES string of the molecule is CCCCNC(=NCC(=O)N(C)C)NC1CC=CC1. The fourth-order valence-corrected chi connectivity index (χ4v) is 1.75. The molecule has 1 rings (SSSR count). The third kappa shape index (κ3) is 6.27. The minimum Gasteiger partial charge on any atom is -0.356 e. The number of unbranched alkanes of at least 4 members (excludes halogenated alkanes) is 1. The Morgan fingerprint density at radius 1 is 1.37 bits per heavy atom. The van der Waals surface area contributed by atoms with E-state index in [0.717, 1.165) is 38.2 Å². The number of hydrogen-bond acceptors (Lipinski definition) is 2. The van der Waals surface area contributed by atoms with Gasteiger partial charge in [-0.05, 0) is 19.3 Å². The molecule has 2 N–H and O–H groups in total. The first-order valence-electron chi connectivity index (χ1n) is 7.03. The van der Waals surface area contributed by atoms with E-state index in [9.17, 15) is 4.79 Å². The molecule has 0 bridgehead atoms. The van der Waals surface area contributed by atoms with Crippen molar-refractivity contribution in [1.29, 1.82) is 0 Å². The average molecular weight is 266 g/mol. The standard InChI is InChI=1S/C14H26N4O/c1-4-5-10-15-14(16-11-13(19)18(2)3)17-12-8-6-7-9-12/h6-7,12H,4-5,8-11H2,1-3H3,(H2,15,16,17). The maximum atomic E-state index is 11.6. The van der Waals surface area contributed by atoms with Crippen LogP contribution in [0.2, 0.25) is 0 Å². The molecule has 1 amide bonds. The van der Waals surface area contributed by atoms with Gasteiger partial charge in [-0.1, -0.05) is 25.5 Å². The molecule has 1 aliphatic rings. The van der Waals surface area contributed by atoms with E-state index >= 15 is 0 Å². The fourth-order valence-electron chi connectivity index (χ4n) is 1.75. The smallest absolute Gasteiger partial charge is 0.243 e. The van der Waals surface area contributed by atoms with Crippen LogP contribution in [-0.4, -0.2) is 50.0 Å². The van der Waals surface area contributed by atoms with Crippen LogP contribution >= 0.6 is 0 Å². The zero-order chi connectivity index (χ0) is 14.1. The molecule has 0 aliphatic heterocycles. The second-order valence-corrected chi connectivity index (χ2v) is 5.02. The van der Waals surface area contributed by atoms with Crippen molar-refractivity contribution in [2.45, 2.75) is 38.6 Å². The summed E-state index contributed by atoms with van der Waals surface area (Å²) in [6.07, 6.45) is 8.64. The minimum absolute atomic E-state index is 0.0149. The molecule has 0 atom stereocenters. The average Bonchev–Trinajstić information content (AvgIpc) is 2.88. The molecule has 5 nitrogen and oxygen atoms in total. The number of nitrogens with zero attached hydrogens (tertiary/aromatic N) is 2. The van der Waals surface area contributed by atoms with Crippen molar-refractivity contribution >= 4 is 11.9 Å². The summed E-state index contributed by atoms with van der Waals surface area (Å²) in [5, 5.41) is 6.66. The van der Waals surface area contributed by atoms with Crippen LogP contribution in [0, 0.1) is 0 Å². The first-order valence-corrected chi connectivity index (χ1v) is 7.03. The van der Waals surface area contributed by atoms with Crippen LogP contribution in [0.4, 0.5) is 0 Å². The van der Waals surface area contributed by atoms with E-state index in [-0.39, 0.29) is 12.5 Å². The zero-order valence-corrected chi connectivity index (χ0v) is 12.3. The molecule has 108 valence electrons. The number of likely N-dealkylation sites (N-methyl/N-ethyl adjacent to an activating group) is 1. The summed E-state index contributed by atoms with van der Waals surface area (Å²) in [4.78, 5) is 17.5. The molecule has 0 aromatic heterocycles. The van der Waals surface area contributed by atoms with E-state index in [1.807, 2.05) is 0 Å². The van der Waals surface area contributed by atoms with Gasteiger partial charge in [0.05, 0.1) is 0 Å². The van der Waals surface area contributed by atoms with Gasteiger partial charge in [0.1, 0.15) is 6.54 Å². The summed E-state index contributed by atoms with van der Waals surface area (Å²) >= 11 is 0. The maximum absolute atomic E-state index is 11.6. The molecular weight excluding hydrogens is 240 g/mol. The van der Waals surface area contributed by atoms with Crippen LogP contribution < -0.4 is 10.6 Å². The number of guanidine groups is 1. The van der Waals surface area contributed by atoms with Crippen LogP contribution in [-0.2, 0) is 4.79 Å². The summed E-state index contributed by atoms with van der Waals surface area (Å²) in [7, 11) is 3.49. The summed E-state index contributed by atoms with van der Waals surface area (Å²) in [5.41, 5.74) is 0. The molecule has 0 fully saturated rings. The lowest BCUT2D eigenvalue weighted by atomic mass is 10.2. The van der Waals surface area contributed by atoms with Gasteiger partial charge < -0.3 is 15.5 Å². The Bertz CT molecular complexity index is 328. The van der Waals surface area contributed by atoms with Crippen molar-refractivity contribution in [3.63, 3.8) is 0 Å². The van der Waals surface area contributed by atoms with Crippen LogP contribution in [0.25, 0.3) is 0 Å². The van der Waals surface area contributed by atoms with E-state index in [2.05, 4.69) is 34.7 Å². The normalized spacial score (nSPS) is 15.6. The fraction of sp³-hybridized carbons (Fsp3) is 0.714. The lowest BCUT2D eigenvalue weighted by molar-refractivity contribution is -0.127. The van der Waals surface area contributed by atoms with Gasteiger partial charge in [0, 0.05) is 26.7 Å². The van der Waals surface area contributed by atoms with Crippen LogP contribution in [0.1, 0.15) is 32.6 Å². The summed E-state index contributed by atoms with van der Waals surface area (Å²) in [6.45, 7) is 3.23. The van der Waals surface area contributed by atoms with E-state index in [0.29, 0.717) is 6.04 Å². The minimum atomic E-state index is 0.0149. The van der Waals surface area contributed by atoms with Crippen molar-refractivity contribution in [3.05, 3.63) is 12.2 Å². The summed E-state index contributed by atoms with van der Waals surface area (Å²) in [5.74, 6) is 0.762. The summed E-state index contributed by atoms with van der Waals surface area (Å²) < 4.78 is 0. The van der Waals surface area contributed by atoms with Crippen molar-refractivity contribution in [3.8, 4) is 0 Å². The first-order chi connectivity index (χ1) is 9.13. The monoisotopic (exact) mass is 266 g/mol. The largest absolute Gasteiger partial charge is 0.356 e. The topological polar surface area (TPSA) is 56.7 Å². The highest BCUT2D eigenvalue weighted by Gasteiger charge is 2.12. The molecule has 0 saturated heterocycles. The molecule has 0 unspecified atom stereocenters. The Hall–Kier alpha value is -1.52. The van der Waals surface area contributed by atoms with Crippen molar-refractivity contribution in [2.24, 2.45) is 4.99 Å². The molecule has 0 aromatic carbocycles. The highest BCUT2D eigenvalue weighted by Crippen LogP contribution is 2.08. The van der Waals surface area contributed by atoms with E-state index in [1.54, 1.807) is 19.0 Å². The number of hydrogen-bond donors (Lipinski definition) is 2. The van der Waals surface area contributed by atoms with Gasteiger partial charge in [-0.2, -0.15) is 0 Å². The number of rotatable bonds is 6. The van der Waals surface area contributed by atoms with Gasteiger partial charge in [-0.3, -0.25) is 4.79 Å². The van der Waals surface area contributed by atoms with Gasteiger partial charge in [0.15, 0.2) is 5.96 Å². The van der Waals surface area contributed by atoms with E-state index in [1.165, 1.54) is 0 Å². The van der Waals surface area contributed by atoms with Gasteiger partial charge >= 0.3 is 0 Å². The Morgan fingerprint density at radius 3 is 2.63 bits per heavy atom. The molecule has 5 heteroatoms. The zero-order valence-electron chi connectivity index (χ0n) is 12.3.